The monoisotopic (exact) mass is 274 g/mol. The molecule has 4 heteroatoms. The average Bonchev–Trinajstić information content (AvgIpc) is 2.46. The molecule has 0 saturated carbocycles. The van der Waals surface area contributed by atoms with Crippen molar-refractivity contribution in [2.75, 3.05) is 11.2 Å². The minimum absolute atomic E-state index is 0.626. The second-order valence-corrected chi connectivity index (χ2v) is 5.24. The Morgan fingerprint density at radius 1 is 1.00 bits per heavy atom. The molecule has 2 rings (SSSR count). The molecule has 3 nitrogen and oxygen atoms in total. The highest BCUT2D eigenvalue weighted by atomic mass is 31.1. The Hall–Kier alpha value is -1.86. The topological polar surface area (TPSA) is 29.5 Å². The van der Waals surface area contributed by atoms with E-state index in [1.165, 1.54) is 0 Å². The van der Waals surface area contributed by atoms with Crippen molar-refractivity contribution in [3.8, 4) is 5.75 Å². The molecular formula is C15H17NO2P+. The molecule has 0 bridgehead atoms. The maximum atomic E-state index is 12.4. The fraction of sp³-hybridized carbons (Fsp3) is 0.200. The molecular weight excluding hydrogens is 257 g/mol. The predicted molar refractivity (Wildman–Crippen MR) is 78.8 cm³/mol. The van der Waals surface area contributed by atoms with Crippen LogP contribution in [0.15, 0.2) is 60.7 Å². The highest BCUT2D eigenvalue weighted by Gasteiger charge is 2.31. The first-order valence-corrected chi connectivity index (χ1v) is 7.47. The van der Waals surface area contributed by atoms with Gasteiger partial charge in [0.2, 0.25) is 0 Å². The van der Waals surface area contributed by atoms with Crippen LogP contribution in [-0.4, -0.2) is 6.54 Å². The van der Waals surface area contributed by atoms with Gasteiger partial charge < -0.3 is 0 Å². The van der Waals surface area contributed by atoms with Crippen molar-refractivity contribution >= 4 is 13.9 Å². The van der Waals surface area contributed by atoms with E-state index in [1.54, 1.807) is 4.67 Å². The summed E-state index contributed by atoms with van der Waals surface area (Å²) in [6.45, 7) is 2.76. The van der Waals surface area contributed by atoms with E-state index in [4.69, 9.17) is 4.52 Å². The van der Waals surface area contributed by atoms with Crippen molar-refractivity contribution in [2.45, 2.75) is 13.3 Å². The van der Waals surface area contributed by atoms with E-state index < -0.39 is 8.18 Å². The van der Waals surface area contributed by atoms with Gasteiger partial charge in [0.25, 0.3) is 0 Å². The van der Waals surface area contributed by atoms with Gasteiger partial charge in [-0.3, -0.25) is 0 Å². The van der Waals surface area contributed by atoms with Gasteiger partial charge in [-0.15, -0.1) is 4.67 Å². The van der Waals surface area contributed by atoms with Crippen LogP contribution in [0.25, 0.3) is 0 Å². The standard InChI is InChI=1S/C15H17NO2P/c1-2-13-16(14-9-5-3-6-10-14)19(17)18-15-11-7-4-8-12-15/h3-12H,2,13H2,1H3/q+1. The van der Waals surface area contributed by atoms with Gasteiger partial charge in [-0.2, -0.15) is 0 Å². The summed E-state index contributed by atoms with van der Waals surface area (Å²) in [5, 5.41) is 0. The molecule has 0 aliphatic rings. The molecule has 0 heterocycles. The molecule has 0 amide bonds. The summed E-state index contributed by atoms with van der Waals surface area (Å²) in [6.07, 6.45) is 0.911. The third-order valence-electron chi connectivity index (χ3n) is 2.61. The molecule has 0 fully saturated rings. The lowest BCUT2D eigenvalue weighted by Gasteiger charge is -2.10. The van der Waals surface area contributed by atoms with Crippen LogP contribution in [0.1, 0.15) is 13.3 Å². The molecule has 0 spiro atoms. The van der Waals surface area contributed by atoms with Crippen molar-refractivity contribution in [1.29, 1.82) is 0 Å². The Morgan fingerprint density at radius 3 is 2.16 bits per heavy atom. The second-order valence-electron chi connectivity index (χ2n) is 4.10. The summed E-state index contributed by atoms with van der Waals surface area (Å²) in [4.78, 5) is 0. The van der Waals surface area contributed by atoms with Crippen molar-refractivity contribution in [3.63, 3.8) is 0 Å². The molecule has 0 N–H and O–H groups in total. The quantitative estimate of drug-likeness (QED) is 0.719. The van der Waals surface area contributed by atoms with Crippen LogP contribution in [0.2, 0.25) is 0 Å². The van der Waals surface area contributed by atoms with E-state index in [1.807, 2.05) is 60.7 Å². The smallest absolute Gasteiger partial charge is 0.235 e. The van der Waals surface area contributed by atoms with Crippen LogP contribution in [0.5, 0.6) is 5.75 Å². The van der Waals surface area contributed by atoms with E-state index in [2.05, 4.69) is 6.92 Å². The fourth-order valence-electron chi connectivity index (χ4n) is 1.74. The molecule has 2 aromatic carbocycles. The minimum Gasteiger partial charge on any atom is -0.235 e. The van der Waals surface area contributed by atoms with Crippen LogP contribution < -0.4 is 9.19 Å². The summed E-state index contributed by atoms with van der Waals surface area (Å²) in [5.74, 6) is 0.626. The zero-order valence-corrected chi connectivity index (χ0v) is 11.8. The minimum atomic E-state index is -1.92. The van der Waals surface area contributed by atoms with Crippen LogP contribution in [-0.2, 0) is 4.57 Å². The summed E-state index contributed by atoms with van der Waals surface area (Å²) in [5.41, 5.74) is 0.918. The lowest BCUT2D eigenvalue weighted by molar-refractivity contribution is 0.500. The van der Waals surface area contributed by atoms with Crippen molar-refractivity contribution in [2.24, 2.45) is 0 Å². The number of nitrogens with zero attached hydrogens (tertiary/aromatic N) is 1. The lowest BCUT2D eigenvalue weighted by atomic mass is 10.3. The first-order chi connectivity index (χ1) is 9.31. The van der Waals surface area contributed by atoms with Gasteiger partial charge in [-0.05, 0) is 30.7 Å². The molecule has 2 aromatic rings. The van der Waals surface area contributed by atoms with Gasteiger partial charge in [0.1, 0.15) is 0 Å². The highest BCUT2D eigenvalue weighted by molar-refractivity contribution is 7.41. The largest absolute Gasteiger partial charge is 0.697 e. The maximum Gasteiger partial charge on any atom is 0.697 e. The Labute approximate surface area is 114 Å². The summed E-state index contributed by atoms with van der Waals surface area (Å²) in [7, 11) is -1.92. The lowest BCUT2D eigenvalue weighted by Crippen LogP contribution is -2.16. The summed E-state index contributed by atoms with van der Waals surface area (Å²) < 4.78 is 19.7. The third kappa shape index (κ3) is 3.80. The summed E-state index contributed by atoms with van der Waals surface area (Å²) in [6, 6.07) is 18.9. The van der Waals surface area contributed by atoms with Crippen LogP contribution in [0.4, 0.5) is 5.69 Å². The molecule has 98 valence electrons. The molecule has 0 saturated heterocycles. The van der Waals surface area contributed by atoms with Gasteiger partial charge in [-0.25, -0.2) is 4.52 Å². The number of para-hydroxylation sites is 2. The second kappa shape index (κ2) is 6.91. The van der Waals surface area contributed by atoms with Crippen LogP contribution in [0, 0.1) is 0 Å². The first-order valence-electron chi connectivity index (χ1n) is 6.34. The molecule has 0 aromatic heterocycles. The summed E-state index contributed by atoms with van der Waals surface area (Å²) >= 11 is 0. The molecule has 0 aliphatic carbocycles. The van der Waals surface area contributed by atoms with Gasteiger partial charge in [0.05, 0.1) is 12.2 Å². The molecule has 1 atom stereocenters. The average molecular weight is 274 g/mol. The van der Waals surface area contributed by atoms with E-state index >= 15 is 0 Å². The zero-order chi connectivity index (χ0) is 13.5. The van der Waals surface area contributed by atoms with Gasteiger partial charge in [0.15, 0.2) is 5.75 Å². The molecule has 19 heavy (non-hydrogen) atoms. The normalized spacial score (nSPS) is 10.9. The van der Waals surface area contributed by atoms with E-state index in [0.717, 1.165) is 12.1 Å². The number of hydrogen-bond acceptors (Lipinski definition) is 2. The molecule has 0 radical (unpaired) electrons. The molecule has 1 unspecified atom stereocenters. The van der Waals surface area contributed by atoms with Gasteiger partial charge in [-0.1, -0.05) is 43.3 Å². The molecule has 0 aliphatic heterocycles. The first kappa shape index (κ1) is 13.6. The van der Waals surface area contributed by atoms with Crippen LogP contribution >= 0.6 is 8.18 Å². The van der Waals surface area contributed by atoms with Gasteiger partial charge in [0, 0.05) is 4.57 Å². The van der Waals surface area contributed by atoms with E-state index in [-0.39, 0.29) is 0 Å². The fourth-order valence-corrected chi connectivity index (χ4v) is 2.82. The number of anilines is 1. The number of hydrogen-bond donors (Lipinski definition) is 0. The Balaban J connectivity index is 2.13. The highest BCUT2D eigenvalue weighted by Crippen LogP contribution is 2.35. The predicted octanol–water partition coefficient (Wildman–Crippen LogP) is 4.64. The number of rotatable bonds is 6. The Bertz CT molecular complexity index is 516. The van der Waals surface area contributed by atoms with Crippen molar-refractivity contribution < 1.29 is 9.09 Å². The van der Waals surface area contributed by atoms with E-state index in [0.29, 0.717) is 12.3 Å². The van der Waals surface area contributed by atoms with Crippen molar-refractivity contribution in [3.05, 3.63) is 60.7 Å². The Morgan fingerprint density at radius 2 is 1.58 bits per heavy atom. The van der Waals surface area contributed by atoms with Crippen molar-refractivity contribution in [1.82, 2.24) is 0 Å². The van der Waals surface area contributed by atoms with Gasteiger partial charge >= 0.3 is 8.18 Å². The number of benzene rings is 2. The Kier molecular flexibility index (Phi) is 4.93. The van der Waals surface area contributed by atoms with E-state index in [9.17, 15) is 4.57 Å². The maximum absolute atomic E-state index is 12.4. The zero-order valence-electron chi connectivity index (χ0n) is 10.9. The third-order valence-corrected chi connectivity index (χ3v) is 3.81. The SMILES string of the molecule is CCCN(c1ccccc1)[P+](=O)Oc1ccccc1. The van der Waals surface area contributed by atoms with Crippen LogP contribution in [0.3, 0.4) is 0 Å².